The average Bonchev–Trinajstić information content (AvgIpc) is 2.73. The van der Waals surface area contributed by atoms with Gasteiger partial charge in [0.2, 0.25) is 5.91 Å². The fraction of sp³-hybridized carbons (Fsp3) is 0.619. The first-order valence-electron chi connectivity index (χ1n) is 10.5. The number of hydrogen-bond acceptors (Lipinski definition) is 5. The van der Waals surface area contributed by atoms with E-state index in [4.69, 9.17) is 4.74 Å². The summed E-state index contributed by atoms with van der Waals surface area (Å²) in [6.07, 6.45) is -0.0443. The van der Waals surface area contributed by atoms with Gasteiger partial charge >= 0.3 is 12.3 Å². The smallest absolute Gasteiger partial charge is 0.416 e. The van der Waals surface area contributed by atoms with Gasteiger partial charge in [0, 0.05) is 44.8 Å². The summed E-state index contributed by atoms with van der Waals surface area (Å²) in [6.45, 7) is 2.91. The lowest BCUT2D eigenvalue weighted by Crippen LogP contribution is -2.47. The van der Waals surface area contributed by atoms with Gasteiger partial charge in [0.05, 0.1) is 5.56 Å². The molecule has 0 spiro atoms. The highest BCUT2D eigenvalue weighted by molar-refractivity contribution is 5.91. The molecule has 1 aromatic carbocycles. The van der Waals surface area contributed by atoms with Crippen LogP contribution < -0.4 is 10.2 Å². The van der Waals surface area contributed by atoms with Gasteiger partial charge in [-0.3, -0.25) is 15.0 Å². The second-order valence-electron chi connectivity index (χ2n) is 7.84. The number of halogens is 3. The summed E-state index contributed by atoms with van der Waals surface area (Å²) in [5, 5.41) is 2.28. The number of nitrogens with zero attached hydrogens (tertiary/aromatic N) is 2. The predicted octanol–water partition coefficient (Wildman–Crippen LogP) is 3.80. The maximum atomic E-state index is 12.9. The van der Waals surface area contributed by atoms with E-state index in [9.17, 15) is 22.8 Å². The van der Waals surface area contributed by atoms with Crippen LogP contribution in [0, 0.1) is 0 Å². The second kappa shape index (κ2) is 10.1. The molecule has 1 heterocycles. The molecular formula is C21H28F3N3O3. The average molecular weight is 427 g/mol. The minimum absolute atomic E-state index is 0.101. The Morgan fingerprint density at radius 1 is 1.07 bits per heavy atom. The third kappa shape index (κ3) is 6.62. The molecule has 1 aliphatic carbocycles. The summed E-state index contributed by atoms with van der Waals surface area (Å²) in [7, 11) is 0. The van der Waals surface area contributed by atoms with Crippen LogP contribution in [-0.2, 0) is 15.7 Å². The van der Waals surface area contributed by atoms with E-state index in [0.29, 0.717) is 38.4 Å². The molecule has 1 saturated heterocycles. The molecule has 3 rings (SSSR count). The number of benzene rings is 1. The van der Waals surface area contributed by atoms with Crippen LogP contribution in [0.5, 0.6) is 0 Å². The monoisotopic (exact) mass is 427 g/mol. The molecule has 1 aromatic rings. The molecule has 2 aliphatic rings. The van der Waals surface area contributed by atoms with E-state index in [1.54, 1.807) is 6.07 Å². The van der Waals surface area contributed by atoms with Crippen molar-refractivity contribution in [1.82, 2.24) is 10.2 Å². The number of imide groups is 1. The Balaban J connectivity index is 1.37. The van der Waals surface area contributed by atoms with Crippen molar-refractivity contribution in [3.63, 3.8) is 0 Å². The maximum Gasteiger partial charge on any atom is 0.416 e. The number of carbonyl (C=O) groups is 2. The first-order valence-corrected chi connectivity index (χ1v) is 10.5. The number of hydrogen-bond donors (Lipinski definition) is 1. The Bertz CT molecular complexity index is 728. The van der Waals surface area contributed by atoms with Crippen molar-refractivity contribution in [2.45, 2.75) is 50.8 Å². The number of piperazine rings is 1. The molecule has 2 fully saturated rings. The normalized spacial score (nSPS) is 18.8. The number of carbonyl (C=O) groups excluding carboxylic acids is 2. The summed E-state index contributed by atoms with van der Waals surface area (Å²) in [6, 6.07) is 5.33. The zero-order chi connectivity index (χ0) is 21.6. The quantitative estimate of drug-likeness (QED) is 0.775. The molecule has 6 nitrogen and oxygen atoms in total. The molecule has 0 atom stereocenters. The third-order valence-corrected chi connectivity index (χ3v) is 5.63. The summed E-state index contributed by atoms with van der Waals surface area (Å²) >= 11 is 0. The van der Waals surface area contributed by atoms with Crippen molar-refractivity contribution < 1.29 is 27.5 Å². The van der Waals surface area contributed by atoms with E-state index >= 15 is 0 Å². The Kier molecular flexibility index (Phi) is 7.58. The van der Waals surface area contributed by atoms with Crippen LogP contribution in [-0.4, -0.2) is 55.7 Å². The predicted molar refractivity (Wildman–Crippen MR) is 106 cm³/mol. The highest BCUT2D eigenvalue weighted by Gasteiger charge is 2.31. The minimum atomic E-state index is -4.36. The van der Waals surface area contributed by atoms with E-state index in [2.05, 4.69) is 10.2 Å². The number of ether oxygens (including phenoxy) is 1. The Labute approximate surface area is 174 Å². The molecule has 1 saturated carbocycles. The molecule has 1 N–H and O–H groups in total. The van der Waals surface area contributed by atoms with Crippen molar-refractivity contribution in [3.05, 3.63) is 29.8 Å². The van der Waals surface area contributed by atoms with Gasteiger partial charge in [-0.2, -0.15) is 13.2 Å². The number of anilines is 1. The molecule has 1 aliphatic heterocycles. The third-order valence-electron chi connectivity index (χ3n) is 5.63. The Hall–Kier alpha value is -2.29. The van der Waals surface area contributed by atoms with Crippen LogP contribution in [0.2, 0.25) is 0 Å². The second-order valence-corrected chi connectivity index (χ2v) is 7.84. The Morgan fingerprint density at radius 3 is 2.43 bits per heavy atom. The standard InChI is InChI=1S/C21H28F3N3O3/c22-21(23,24)16-5-4-6-17(15-16)27-13-11-26(12-14-27)10-9-19(28)25-20(29)30-18-7-2-1-3-8-18/h4-6,15,18H,1-3,7-14H2,(H,25,28,29). The fourth-order valence-electron chi connectivity index (χ4n) is 3.91. The molecule has 2 amide bonds. The largest absolute Gasteiger partial charge is 0.446 e. The van der Waals surface area contributed by atoms with Crippen LogP contribution in [0.25, 0.3) is 0 Å². The number of rotatable bonds is 5. The van der Waals surface area contributed by atoms with Crippen LogP contribution in [0.4, 0.5) is 23.7 Å². The lowest BCUT2D eigenvalue weighted by Gasteiger charge is -2.36. The highest BCUT2D eigenvalue weighted by atomic mass is 19.4. The molecule has 30 heavy (non-hydrogen) atoms. The number of amides is 2. The summed E-state index contributed by atoms with van der Waals surface area (Å²) in [5.74, 6) is -0.379. The fourth-order valence-corrected chi connectivity index (χ4v) is 3.91. The first kappa shape index (κ1) is 22.4. The molecule has 0 bridgehead atoms. The van der Waals surface area contributed by atoms with Crippen LogP contribution in [0.15, 0.2) is 24.3 Å². The van der Waals surface area contributed by atoms with Crippen molar-refractivity contribution in [3.8, 4) is 0 Å². The molecule has 0 aromatic heterocycles. The van der Waals surface area contributed by atoms with Crippen molar-refractivity contribution in [1.29, 1.82) is 0 Å². The van der Waals surface area contributed by atoms with E-state index in [1.165, 1.54) is 12.1 Å². The molecule has 9 heteroatoms. The van der Waals surface area contributed by atoms with Gasteiger partial charge in [-0.15, -0.1) is 0 Å². The Morgan fingerprint density at radius 2 is 1.77 bits per heavy atom. The van der Waals surface area contributed by atoms with Crippen molar-refractivity contribution in [2.24, 2.45) is 0 Å². The highest BCUT2D eigenvalue weighted by Crippen LogP contribution is 2.31. The number of nitrogens with one attached hydrogen (secondary N) is 1. The number of alkyl halides is 3. The minimum Gasteiger partial charge on any atom is -0.446 e. The first-order chi connectivity index (χ1) is 14.3. The molecule has 0 radical (unpaired) electrons. The SMILES string of the molecule is O=C(CCN1CCN(c2cccc(C(F)(F)F)c2)CC1)NC(=O)OC1CCCCC1. The van der Waals surface area contributed by atoms with E-state index in [1.807, 2.05) is 4.90 Å². The zero-order valence-corrected chi connectivity index (χ0v) is 16.9. The van der Waals surface area contributed by atoms with Gasteiger partial charge in [-0.25, -0.2) is 4.79 Å². The van der Waals surface area contributed by atoms with Gasteiger partial charge in [0.15, 0.2) is 0 Å². The molecular weight excluding hydrogens is 399 g/mol. The van der Waals surface area contributed by atoms with E-state index in [0.717, 1.165) is 38.2 Å². The summed E-state index contributed by atoms with van der Waals surface area (Å²) in [4.78, 5) is 27.8. The van der Waals surface area contributed by atoms with Crippen LogP contribution in [0.1, 0.15) is 44.1 Å². The lowest BCUT2D eigenvalue weighted by atomic mass is 9.98. The summed E-state index contributed by atoms with van der Waals surface area (Å²) in [5.41, 5.74) is -0.105. The summed E-state index contributed by atoms with van der Waals surface area (Å²) < 4.78 is 44.0. The van der Waals surface area contributed by atoms with E-state index in [-0.39, 0.29) is 18.4 Å². The zero-order valence-electron chi connectivity index (χ0n) is 16.9. The van der Waals surface area contributed by atoms with Gasteiger partial charge in [0.25, 0.3) is 0 Å². The number of alkyl carbamates (subject to hydrolysis) is 1. The van der Waals surface area contributed by atoms with Crippen molar-refractivity contribution in [2.75, 3.05) is 37.6 Å². The molecule has 0 unspecified atom stereocenters. The van der Waals surface area contributed by atoms with Crippen molar-refractivity contribution >= 4 is 17.7 Å². The van der Waals surface area contributed by atoms with Gasteiger partial charge in [0.1, 0.15) is 6.10 Å². The van der Waals surface area contributed by atoms with Gasteiger partial charge in [-0.1, -0.05) is 12.5 Å². The van der Waals surface area contributed by atoms with Crippen LogP contribution >= 0.6 is 0 Å². The van der Waals surface area contributed by atoms with Gasteiger partial charge in [-0.05, 0) is 43.9 Å². The maximum absolute atomic E-state index is 12.9. The van der Waals surface area contributed by atoms with E-state index < -0.39 is 17.8 Å². The van der Waals surface area contributed by atoms with Crippen LogP contribution in [0.3, 0.4) is 0 Å². The lowest BCUT2D eigenvalue weighted by molar-refractivity contribution is -0.137. The topological polar surface area (TPSA) is 61.9 Å². The molecule has 166 valence electrons. The van der Waals surface area contributed by atoms with Gasteiger partial charge < -0.3 is 9.64 Å².